The molecule has 0 spiro atoms. The second kappa shape index (κ2) is 6.01. The Bertz CT molecular complexity index is 686. The van der Waals surface area contributed by atoms with Crippen molar-refractivity contribution in [3.63, 3.8) is 0 Å². The molecule has 5 heteroatoms. The summed E-state index contributed by atoms with van der Waals surface area (Å²) >= 11 is 0. The maximum Gasteiger partial charge on any atom is 0.323 e. The number of hydrogen-bond donors (Lipinski definition) is 2. The number of aromatic nitrogens is 1. The number of hydrogen-bond acceptors (Lipinski definition) is 3. The average molecular weight is 308 g/mol. The highest BCUT2D eigenvalue weighted by Crippen LogP contribution is 2.27. The fraction of sp³-hybridized carbons (Fsp3) is 0.333. The lowest BCUT2D eigenvalue weighted by Crippen LogP contribution is -2.41. The number of anilines is 1. The predicted octanol–water partition coefficient (Wildman–Crippen LogP) is 2.57. The van der Waals surface area contributed by atoms with E-state index in [1.54, 1.807) is 6.20 Å². The van der Waals surface area contributed by atoms with E-state index in [0.29, 0.717) is 17.8 Å². The summed E-state index contributed by atoms with van der Waals surface area (Å²) in [6.07, 6.45) is 2.89. The highest BCUT2D eigenvalue weighted by molar-refractivity contribution is 5.89. The summed E-state index contributed by atoms with van der Waals surface area (Å²) in [4.78, 5) is 18.8. The van der Waals surface area contributed by atoms with Gasteiger partial charge in [-0.3, -0.25) is 5.32 Å². The Labute approximate surface area is 135 Å². The summed E-state index contributed by atoms with van der Waals surface area (Å²) < 4.78 is 0. The third kappa shape index (κ3) is 2.80. The quantitative estimate of drug-likeness (QED) is 0.896. The molecule has 0 saturated carbocycles. The number of nitrogens with one attached hydrogen (secondary N) is 2. The van der Waals surface area contributed by atoms with Crippen LogP contribution in [-0.2, 0) is 0 Å². The van der Waals surface area contributed by atoms with Gasteiger partial charge in [-0.25, -0.2) is 9.78 Å². The van der Waals surface area contributed by atoms with Crippen molar-refractivity contribution >= 4 is 11.8 Å². The molecule has 3 heterocycles. The van der Waals surface area contributed by atoms with Crippen LogP contribution >= 0.6 is 0 Å². The molecule has 0 aliphatic carbocycles. The van der Waals surface area contributed by atoms with Crippen molar-refractivity contribution in [2.24, 2.45) is 5.92 Å². The van der Waals surface area contributed by atoms with E-state index >= 15 is 0 Å². The van der Waals surface area contributed by atoms with Gasteiger partial charge in [0, 0.05) is 37.4 Å². The molecule has 1 aromatic carbocycles. The van der Waals surface area contributed by atoms with Gasteiger partial charge in [-0.1, -0.05) is 30.3 Å². The Balaban J connectivity index is 1.44. The lowest BCUT2D eigenvalue weighted by molar-refractivity contribution is 0.206. The van der Waals surface area contributed by atoms with Crippen molar-refractivity contribution in [2.75, 3.05) is 25.0 Å². The summed E-state index contributed by atoms with van der Waals surface area (Å²) in [7, 11) is 0. The Kier molecular flexibility index (Phi) is 3.71. The Morgan fingerprint density at radius 3 is 2.78 bits per heavy atom. The zero-order valence-corrected chi connectivity index (χ0v) is 12.9. The molecule has 2 fully saturated rings. The number of pyridine rings is 1. The molecule has 118 valence electrons. The lowest BCUT2D eigenvalue weighted by Gasteiger charge is -2.23. The minimum atomic E-state index is -0.0406. The van der Waals surface area contributed by atoms with E-state index < -0.39 is 0 Å². The van der Waals surface area contributed by atoms with Crippen LogP contribution in [0.3, 0.4) is 0 Å². The van der Waals surface area contributed by atoms with Gasteiger partial charge in [-0.05, 0) is 30.0 Å². The van der Waals surface area contributed by atoms with Crippen LogP contribution in [0.4, 0.5) is 10.6 Å². The van der Waals surface area contributed by atoms with Gasteiger partial charge in [0.2, 0.25) is 0 Å². The molecular formula is C18H20N4O. The highest BCUT2D eigenvalue weighted by atomic mass is 16.2. The number of nitrogens with zero attached hydrogens (tertiary/aromatic N) is 2. The lowest BCUT2D eigenvalue weighted by atomic mass is 10.1. The Hall–Kier alpha value is -2.40. The van der Waals surface area contributed by atoms with E-state index in [1.165, 1.54) is 0 Å². The van der Waals surface area contributed by atoms with Crippen molar-refractivity contribution in [3.8, 4) is 11.1 Å². The molecule has 2 unspecified atom stereocenters. The molecule has 2 amide bonds. The maximum atomic E-state index is 12.5. The van der Waals surface area contributed by atoms with Gasteiger partial charge in [0.15, 0.2) is 0 Å². The van der Waals surface area contributed by atoms with Crippen molar-refractivity contribution in [1.29, 1.82) is 0 Å². The van der Waals surface area contributed by atoms with Crippen molar-refractivity contribution < 1.29 is 4.79 Å². The molecule has 0 bridgehead atoms. The molecule has 2 aliphatic heterocycles. The number of carbonyl (C=O) groups excluding carboxylic acids is 1. The number of carbonyl (C=O) groups is 1. The molecular weight excluding hydrogens is 288 g/mol. The largest absolute Gasteiger partial charge is 0.323 e. The van der Waals surface area contributed by atoms with Crippen molar-refractivity contribution in [3.05, 3.63) is 48.7 Å². The van der Waals surface area contributed by atoms with Crippen molar-refractivity contribution in [1.82, 2.24) is 15.2 Å². The fourth-order valence-electron chi connectivity index (χ4n) is 3.55. The first kappa shape index (κ1) is 14.2. The van der Waals surface area contributed by atoms with Crippen LogP contribution in [0.2, 0.25) is 0 Å². The molecule has 2 N–H and O–H groups in total. The highest BCUT2D eigenvalue weighted by Gasteiger charge is 2.39. The van der Waals surface area contributed by atoms with Crippen LogP contribution in [0.1, 0.15) is 6.42 Å². The number of urea groups is 1. The standard InChI is InChI=1S/C18H20N4O/c23-18(22-9-8-15-10-19-12-16(15)22)21-17-7-6-14(11-20-17)13-4-2-1-3-5-13/h1-7,11,15-16,19H,8-10,12H2,(H,20,21,23). The van der Waals surface area contributed by atoms with Crippen LogP contribution in [0.15, 0.2) is 48.7 Å². The maximum absolute atomic E-state index is 12.5. The molecule has 2 aliphatic rings. The van der Waals surface area contributed by atoms with Gasteiger partial charge in [-0.15, -0.1) is 0 Å². The summed E-state index contributed by atoms with van der Waals surface area (Å²) in [6.45, 7) is 2.77. The molecule has 0 radical (unpaired) electrons. The zero-order valence-electron chi connectivity index (χ0n) is 12.9. The van der Waals surface area contributed by atoms with E-state index in [9.17, 15) is 4.79 Å². The number of fused-ring (bicyclic) bond motifs is 1. The van der Waals surface area contributed by atoms with E-state index in [-0.39, 0.29) is 6.03 Å². The first-order valence-corrected chi connectivity index (χ1v) is 8.11. The van der Waals surface area contributed by atoms with Crippen LogP contribution in [0, 0.1) is 5.92 Å². The summed E-state index contributed by atoms with van der Waals surface area (Å²) in [5.74, 6) is 1.21. The van der Waals surface area contributed by atoms with Crippen LogP contribution in [0.25, 0.3) is 11.1 Å². The van der Waals surface area contributed by atoms with Crippen LogP contribution in [-0.4, -0.2) is 41.6 Å². The second-order valence-corrected chi connectivity index (χ2v) is 6.20. The van der Waals surface area contributed by atoms with Gasteiger partial charge >= 0.3 is 6.03 Å². The van der Waals surface area contributed by atoms with Gasteiger partial charge in [0.05, 0.1) is 0 Å². The Morgan fingerprint density at radius 1 is 1.13 bits per heavy atom. The molecule has 5 nitrogen and oxygen atoms in total. The molecule has 2 aromatic rings. The van der Waals surface area contributed by atoms with E-state index in [0.717, 1.165) is 37.2 Å². The zero-order chi connectivity index (χ0) is 15.6. The number of likely N-dealkylation sites (tertiary alicyclic amines) is 1. The third-order valence-corrected chi connectivity index (χ3v) is 4.81. The first-order valence-electron chi connectivity index (χ1n) is 8.11. The number of benzene rings is 1. The van der Waals surface area contributed by atoms with Crippen molar-refractivity contribution in [2.45, 2.75) is 12.5 Å². The van der Waals surface area contributed by atoms with Gasteiger partial charge in [0.1, 0.15) is 5.82 Å². The molecule has 23 heavy (non-hydrogen) atoms. The van der Waals surface area contributed by atoms with Gasteiger partial charge in [0.25, 0.3) is 0 Å². The molecule has 2 saturated heterocycles. The van der Waals surface area contributed by atoms with E-state index in [4.69, 9.17) is 0 Å². The normalized spacial score (nSPS) is 22.9. The van der Waals surface area contributed by atoms with Gasteiger partial charge < -0.3 is 10.2 Å². The fourth-order valence-corrected chi connectivity index (χ4v) is 3.55. The SMILES string of the molecule is O=C(Nc1ccc(-c2ccccc2)cn1)N1CCC2CNCC21. The minimum absolute atomic E-state index is 0.0406. The van der Waals surface area contributed by atoms with Crippen LogP contribution < -0.4 is 10.6 Å². The number of amides is 2. The first-order chi connectivity index (χ1) is 11.3. The predicted molar refractivity (Wildman–Crippen MR) is 90.2 cm³/mol. The van der Waals surface area contributed by atoms with E-state index in [2.05, 4.69) is 15.6 Å². The summed E-state index contributed by atoms with van der Waals surface area (Å²) in [5.41, 5.74) is 2.17. The number of rotatable bonds is 2. The van der Waals surface area contributed by atoms with Crippen LogP contribution in [0.5, 0.6) is 0 Å². The monoisotopic (exact) mass is 308 g/mol. The topological polar surface area (TPSA) is 57.3 Å². The molecule has 2 atom stereocenters. The summed E-state index contributed by atoms with van der Waals surface area (Å²) in [6, 6.07) is 14.2. The van der Waals surface area contributed by atoms with E-state index in [1.807, 2.05) is 47.4 Å². The van der Waals surface area contributed by atoms with Gasteiger partial charge in [-0.2, -0.15) is 0 Å². The smallest absolute Gasteiger partial charge is 0.320 e. The average Bonchev–Trinajstić information content (AvgIpc) is 3.19. The minimum Gasteiger partial charge on any atom is -0.320 e. The third-order valence-electron chi connectivity index (χ3n) is 4.81. The second-order valence-electron chi connectivity index (χ2n) is 6.20. The molecule has 1 aromatic heterocycles. The molecule has 4 rings (SSSR count). The summed E-state index contributed by atoms with van der Waals surface area (Å²) in [5, 5.41) is 6.28. The Morgan fingerprint density at radius 2 is 2.00 bits per heavy atom.